The molecular formula is C20H20Cl2N4O2. The van der Waals surface area contributed by atoms with Crippen molar-refractivity contribution in [3.05, 3.63) is 76.8 Å². The average molecular weight is 419 g/mol. The summed E-state index contributed by atoms with van der Waals surface area (Å²) in [6.45, 7) is 1.03. The molecule has 3 aromatic rings. The quantitative estimate of drug-likeness (QED) is 0.600. The maximum absolute atomic E-state index is 6.14. The summed E-state index contributed by atoms with van der Waals surface area (Å²) in [4.78, 5) is 10.2. The molecule has 2 aromatic carbocycles. The molecule has 6 nitrogen and oxygen atoms in total. The normalized spacial score (nSPS) is 22.5. The van der Waals surface area contributed by atoms with E-state index in [9.17, 15) is 0 Å². The number of rotatable bonds is 6. The number of hydroxylamine groups is 2. The van der Waals surface area contributed by atoms with Crippen molar-refractivity contribution in [2.75, 3.05) is 13.7 Å². The fourth-order valence-corrected chi connectivity index (χ4v) is 3.83. The smallest absolute Gasteiger partial charge is 0.137 e. The van der Waals surface area contributed by atoms with Gasteiger partial charge in [0.2, 0.25) is 0 Å². The van der Waals surface area contributed by atoms with Crippen LogP contribution in [0.4, 0.5) is 0 Å². The maximum atomic E-state index is 6.14. The molecule has 4 rings (SSSR count). The van der Waals surface area contributed by atoms with Crippen molar-refractivity contribution in [3.63, 3.8) is 0 Å². The second-order valence-electron chi connectivity index (χ2n) is 6.83. The summed E-state index contributed by atoms with van der Waals surface area (Å²) >= 11 is 12.0. The molecule has 146 valence electrons. The Morgan fingerprint density at radius 3 is 2.43 bits per heavy atom. The van der Waals surface area contributed by atoms with Gasteiger partial charge >= 0.3 is 0 Å². The summed E-state index contributed by atoms with van der Waals surface area (Å²) in [5, 5.41) is 7.56. The van der Waals surface area contributed by atoms with Crippen molar-refractivity contribution < 1.29 is 9.57 Å². The second kappa shape index (κ2) is 8.09. The Kier molecular flexibility index (Phi) is 5.55. The Bertz CT molecular complexity index is 903. The van der Waals surface area contributed by atoms with E-state index in [0.29, 0.717) is 23.2 Å². The molecule has 2 heterocycles. The minimum absolute atomic E-state index is 0.111. The molecule has 0 amide bonds. The Labute approximate surface area is 173 Å². The molecule has 1 saturated heterocycles. The standard InChI is InChI=1S/C20H20Cl2N4O2/c1-25-20(12-26-14-23-13-24-26,15-2-4-16(21)5-3-15)10-19(28-25)11-27-18-8-6-17(22)7-9-18/h2-9,13-14,19H,10-12H2,1H3. The number of ether oxygens (including phenoxy) is 1. The van der Waals surface area contributed by atoms with Crippen LogP contribution in [0, 0.1) is 0 Å². The lowest BCUT2D eigenvalue weighted by molar-refractivity contribution is -0.180. The fourth-order valence-electron chi connectivity index (χ4n) is 3.57. The Balaban J connectivity index is 1.55. The van der Waals surface area contributed by atoms with Crippen LogP contribution in [0.5, 0.6) is 5.75 Å². The number of hydrogen-bond donors (Lipinski definition) is 0. The first-order chi connectivity index (χ1) is 13.5. The Morgan fingerprint density at radius 1 is 1.11 bits per heavy atom. The van der Waals surface area contributed by atoms with Crippen LogP contribution in [0.25, 0.3) is 0 Å². The van der Waals surface area contributed by atoms with E-state index in [-0.39, 0.29) is 6.10 Å². The summed E-state index contributed by atoms with van der Waals surface area (Å²) in [5.74, 6) is 0.760. The molecule has 28 heavy (non-hydrogen) atoms. The van der Waals surface area contributed by atoms with E-state index in [0.717, 1.165) is 17.7 Å². The second-order valence-corrected chi connectivity index (χ2v) is 7.70. The SMILES string of the molecule is CN1OC(COc2ccc(Cl)cc2)CC1(Cn1cncn1)c1ccc(Cl)cc1. The highest BCUT2D eigenvalue weighted by atomic mass is 35.5. The lowest BCUT2D eigenvalue weighted by Crippen LogP contribution is -2.42. The minimum atomic E-state index is -0.410. The van der Waals surface area contributed by atoms with E-state index in [1.165, 1.54) is 6.33 Å². The molecule has 1 aliphatic heterocycles. The third-order valence-corrected chi connectivity index (χ3v) is 5.50. The van der Waals surface area contributed by atoms with Gasteiger partial charge in [-0.1, -0.05) is 35.3 Å². The predicted molar refractivity (Wildman–Crippen MR) is 107 cm³/mol. The summed E-state index contributed by atoms with van der Waals surface area (Å²) in [7, 11) is 1.94. The summed E-state index contributed by atoms with van der Waals surface area (Å²) < 4.78 is 7.73. The van der Waals surface area contributed by atoms with Crippen LogP contribution in [0.3, 0.4) is 0 Å². The van der Waals surface area contributed by atoms with E-state index in [2.05, 4.69) is 10.1 Å². The largest absolute Gasteiger partial charge is 0.491 e. The van der Waals surface area contributed by atoms with Crippen LogP contribution in [0.2, 0.25) is 10.0 Å². The van der Waals surface area contributed by atoms with Crippen molar-refractivity contribution in [1.82, 2.24) is 19.8 Å². The Morgan fingerprint density at radius 2 is 1.79 bits per heavy atom. The first-order valence-corrected chi connectivity index (χ1v) is 9.68. The van der Waals surface area contributed by atoms with Crippen LogP contribution < -0.4 is 4.74 Å². The zero-order valence-corrected chi connectivity index (χ0v) is 16.8. The van der Waals surface area contributed by atoms with Crippen molar-refractivity contribution in [1.29, 1.82) is 0 Å². The number of aromatic nitrogens is 3. The van der Waals surface area contributed by atoms with Gasteiger partial charge < -0.3 is 4.74 Å². The Hall–Kier alpha value is -2.12. The van der Waals surface area contributed by atoms with E-state index in [1.54, 1.807) is 18.5 Å². The maximum Gasteiger partial charge on any atom is 0.137 e. The fraction of sp³-hybridized carbons (Fsp3) is 0.300. The van der Waals surface area contributed by atoms with Gasteiger partial charge in [-0.2, -0.15) is 10.2 Å². The van der Waals surface area contributed by atoms with E-state index < -0.39 is 5.54 Å². The first-order valence-electron chi connectivity index (χ1n) is 8.93. The van der Waals surface area contributed by atoms with Gasteiger partial charge in [-0.3, -0.25) is 9.52 Å². The van der Waals surface area contributed by atoms with E-state index in [4.69, 9.17) is 32.8 Å². The van der Waals surface area contributed by atoms with Crippen LogP contribution in [-0.2, 0) is 16.9 Å². The van der Waals surface area contributed by atoms with Crippen LogP contribution >= 0.6 is 23.2 Å². The van der Waals surface area contributed by atoms with Gasteiger partial charge in [0.05, 0.1) is 12.1 Å². The highest BCUT2D eigenvalue weighted by molar-refractivity contribution is 6.30. The van der Waals surface area contributed by atoms with Crippen molar-refractivity contribution in [2.24, 2.45) is 0 Å². The van der Waals surface area contributed by atoms with Crippen molar-refractivity contribution in [2.45, 2.75) is 24.6 Å². The highest BCUT2D eigenvalue weighted by Gasteiger charge is 2.47. The molecule has 1 aliphatic rings. The molecule has 0 bridgehead atoms. The third kappa shape index (κ3) is 4.00. The lowest BCUT2D eigenvalue weighted by atomic mass is 9.85. The van der Waals surface area contributed by atoms with Gasteiger partial charge in [-0.05, 0) is 42.0 Å². The zero-order chi connectivity index (χ0) is 19.6. The van der Waals surface area contributed by atoms with Gasteiger partial charge in [-0.15, -0.1) is 0 Å². The molecule has 0 radical (unpaired) electrons. The lowest BCUT2D eigenvalue weighted by Gasteiger charge is -2.34. The molecule has 0 N–H and O–H groups in total. The van der Waals surface area contributed by atoms with Crippen molar-refractivity contribution in [3.8, 4) is 5.75 Å². The number of benzene rings is 2. The van der Waals surface area contributed by atoms with Crippen LogP contribution in [0.1, 0.15) is 12.0 Å². The first kappa shape index (κ1) is 19.2. The molecular weight excluding hydrogens is 399 g/mol. The number of nitrogens with zero attached hydrogens (tertiary/aromatic N) is 4. The van der Waals surface area contributed by atoms with Crippen LogP contribution in [-0.4, -0.2) is 39.6 Å². The van der Waals surface area contributed by atoms with Gasteiger partial charge in [0.25, 0.3) is 0 Å². The molecule has 0 spiro atoms. The summed E-state index contributed by atoms with van der Waals surface area (Å²) in [6.07, 6.45) is 3.87. The highest BCUT2D eigenvalue weighted by Crippen LogP contribution is 2.41. The van der Waals surface area contributed by atoms with Crippen LogP contribution in [0.15, 0.2) is 61.2 Å². The van der Waals surface area contributed by atoms with E-state index in [1.807, 2.05) is 53.2 Å². The molecule has 2 unspecified atom stereocenters. The molecule has 0 saturated carbocycles. The molecule has 2 atom stereocenters. The van der Waals surface area contributed by atoms with Gasteiger partial charge in [0.1, 0.15) is 31.1 Å². The van der Waals surface area contributed by atoms with Crippen molar-refractivity contribution >= 4 is 23.2 Å². The van der Waals surface area contributed by atoms with E-state index >= 15 is 0 Å². The topological polar surface area (TPSA) is 52.4 Å². The summed E-state index contributed by atoms with van der Waals surface area (Å²) in [5.41, 5.74) is 0.690. The molecule has 1 fully saturated rings. The third-order valence-electron chi connectivity index (χ3n) is 5.00. The molecule has 8 heteroatoms. The minimum Gasteiger partial charge on any atom is -0.491 e. The number of hydrogen-bond acceptors (Lipinski definition) is 5. The predicted octanol–water partition coefficient (Wildman–Crippen LogP) is 4.20. The number of likely N-dealkylation sites (N-methyl/N-ethyl adjacent to an activating group) is 1. The van der Waals surface area contributed by atoms with Gasteiger partial charge in [0.15, 0.2) is 0 Å². The average Bonchev–Trinajstić information content (AvgIpc) is 3.31. The molecule has 0 aliphatic carbocycles. The van der Waals surface area contributed by atoms with Gasteiger partial charge in [0, 0.05) is 23.5 Å². The molecule has 1 aromatic heterocycles. The van der Waals surface area contributed by atoms with Gasteiger partial charge in [-0.25, -0.2) is 4.98 Å². The summed E-state index contributed by atoms with van der Waals surface area (Å²) in [6, 6.07) is 15.2. The number of halogens is 2. The monoisotopic (exact) mass is 418 g/mol. The zero-order valence-electron chi connectivity index (χ0n) is 15.3.